The molecular formula is C27H25ClN2O3. The summed E-state index contributed by atoms with van der Waals surface area (Å²) in [6, 6.07) is 21.1. The molecule has 2 aliphatic rings. The summed E-state index contributed by atoms with van der Waals surface area (Å²) >= 11 is 6.09. The lowest BCUT2D eigenvalue weighted by Gasteiger charge is -2.34. The number of methoxy groups -OCH3 is 2. The van der Waals surface area contributed by atoms with E-state index in [1.807, 2.05) is 66.7 Å². The number of hydrogen-bond acceptors (Lipinski definition) is 5. The molecule has 3 aromatic rings. The van der Waals surface area contributed by atoms with Crippen LogP contribution in [0, 0.1) is 5.92 Å². The van der Waals surface area contributed by atoms with Gasteiger partial charge in [0.25, 0.3) is 0 Å². The first-order valence-electron chi connectivity index (χ1n) is 11.0. The van der Waals surface area contributed by atoms with Gasteiger partial charge in [-0.25, -0.2) is 0 Å². The number of ether oxygens (including phenoxy) is 2. The summed E-state index contributed by atoms with van der Waals surface area (Å²) in [5, 5.41) is 4.29. The van der Waals surface area contributed by atoms with Crippen LogP contribution in [-0.4, -0.2) is 25.7 Å². The van der Waals surface area contributed by atoms with Gasteiger partial charge in [-0.1, -0.05) is 48.0 Å². The van der Waals surface area contributed by atoms with Crippen LogP contribution in [0.4, 0.5) is 11.4 Å². The van der Waals surface area contributed by atoms with Gasteiger partial charge in [-0.15, -0.1) is 0 Å². The Morgan fingerprint density at radius 1 is 0.939 bits per heavy atom. The van der Waals surface area contributed by atoms with Crippen LogP contribution in [0.1, 0.15) is 35.9 Å². The van der Waals surface area contributed by atoms with Gasteiger partial charge in [-0.2, -0.15) is 0 Å². The molecule has 0 bridgehead atoms. The molecule has 0 radical (unpaired) electrons. The first kappa shape index (κ1) is 21.5. The lowest BCUT2D eigenvalue weighted by atomic mass is 9.72. The number of para-hydroxylation sites is 3. The van der Waals surface area contributed by atoms with Gasteiger partial charge in [0, 0.05) is 22.7 Å². The van der Waals surface area contributed by atoms with E-state index in [4.69, 9.17) is 26.1 Å². The Kier molecular flexibility index (Phi) is 5.81. The third-order valence-electron chi connectivity index (χ3n) is 6.53. The number of Topliss-reactive ketones (excluding diaryl/α,β-unsaturated/α-hetero) is 1. The van der Waals surface area contributed by atoms with E-state index < -0.39 is 5.92 Å². The highest BCUT2D eigenvalue weighted by molar-refractivity contribution is 6.30. The van der Waals surface area contributed by atoms with E-state index >= 15 is 0 Å². The van der Waals surface area contributed by atoms with Crippen molar-refractivity contribution in [1.29, 1.82) is 0 Å². The predicted molar refractivity (Wildman–Crippen MR) is 131 cm³/mol. The van der Waals surface area contributed by atoms with Gasteiger partial charge in [0.15, 0.2) is 11.5 Å². The van der Waals surface area contributed by atoms with Gasteiger partial charge in [0.1, 0.15) is 5.78 Å². The molecule has 6 heteroatoms. The summed E-state index contributed by atoms with van der Waals surface area (Å²) in [4.78, 5) is 18.7. The van der Waals surface area contributed by atoms with Crippen molar-refractivity contribution in [3.63, 3.8) is 0 Å². The number of ketones is 1. The average Bonchev–Trinajstić information content (AvgIpc) is 3.00. The monoisotopic (exact) mass is 460 g/mol. The fraction of sp³-hybridized carbons (Fsp3) is 0.259. The van der Waals surface area contributed by atoms with Gasteiger partial charge >= 0.3 is 0 Å². The lowest BCUT2D eigenvalue weighted by molar-refractivity contribution is -0.122. The largest absolute Gasteiger partial charge is 0.493 e. The van der Waals surface area contributed by atoms with E-state index in [0.29, 0.717) is 29.4 Å². The van der Waals surface area contributed by atoms with Crippen molar-refractivity contribution >= 4 is 34.5 Å². The van der Waals surface area contributed by atoms with Crippen molar-refractivity contribution < 1.29 is 14.3 Å². The number of hydrogen-bond donors (Lipinski definition) is 1. The maximum atomic E-state index is 13.7. The third-order valence-corrected chi connectivity index (χ3v) is 6.78. The second-order valence-electron chi connectivity index (χ2n) is 8.43. The number of aliphatic imine (C=N–C) groups is 1. The molecule has 1 N–H and O–H groups in total. The number of halogens is 1. The first-order chi connectivity index (χ1) is 16.1. The standard InChI is InChI=1S/C27H25ClN2O3/c1-32-24-9-5-6-19(27(24)33-2)26-25-22(29-20-7-3-4-8-21(20)30-26)14-17(15-23(25)31)16-10-12-18(28)13-11-16/h3-13,17,25-26,30H,14-15H2,1-2H3. The molecule has 5 rings (SSSR count). The van der Waals surface area contributed by atoms with Gasteiger partial charge in [0.2, 0.25) is 0 Å². The fourth-order valence-electron chi connectivity index (χ4n) is 4.98. The van der Waals surface area contributed by atoms with Gasteiger partial charge < -0.3 is 14.8 Å². The van der Waals surface area contributed by atoms with Crippen LogP contribution in [0.15, 0.2) is 71.7 Å². The van der Waals surface area contributed by atoms with Crippen LogP contribution in [-0.2, 0) is 4.79 Å². The lowest BCUT2D eigenvalue weighted by Crippen LogP contribution is -2.38. The number of benzene rings is 3. The minimum absolute atomic E-state index is 0.0721. The molecule has 0 amide bonds. The van der Waals surface area contributed by atoms with Gasteiger partial charge in [0.05, 0.1) is 37.6 Å². The molecule has 5 nitrogen and oxygen atoms in total. The molecule has 168 valence electrons. The molecule has 3 atom stereocenters. The third kappa shape index (κ3) is 3.98. The zero-order chi connectivity index (χ0) is 22.9. The van der Waals surface area contributed by atoms with E-state index in [-0.39, 0.29) is 17.7 Å². The Morgan fingerprint density at radius 3 is 2.48 bits per heavy atom. The molecule has 0 saturated heterocycles. The summed E-state index contributed by atoms with van der Waals surface area (Å²) < 4.78 is 11.3. The molecule has 0 aromatic heterocycles. The smallest absolute Gasteiger partial charge is 0.166 e. The SMILES string of the molecule is COc1cccc(C2Nc3ccccc3N=C3CC(c4ccc(Cl)cc4)CC(=O)C32)c1OC. The number of rotatable bonds is 4. The highest BCUT2D eigenvalue weighted by Gasteiger charge is 2.42. The summed E-state index contributed by atoms with van der Waals surface area (Å²) in [5.41, 5.74) is 4.61. The second kappa shape index (κ2) is 8.91. The quantitative estimate of drug-likeness (QED) is 0.492. The molecule has 0 spiro atoms. The highest BCUT2D eigenvalue weighted by Crippen LogP contribution is 2.47. The predicted octanol–water partition coefficient (Wildman–Crippen LogP) is 6.36. The highest BCUT2D eigenvalue weighted by atomic mass is 35.5. The number of nitrogens with one attached hydrogen (secondary N) is 1. The molecule has 1 fully saturated rings. The molecule has 3 aromatic carbocycles. The van der Waals surface area contributed by atoms with E-state index in [1.165, 1.54) is 0 Å². The zero-order valence-corrected chi connectivity index (χ0v) is 19.3. The number of carbonyl (C=O) groups is 1. The normalized spacial score (nSPS) is 21.7. The van der Waals surface area contributed by atoms with Crippen LogP contribution < -0.4 is 14.8 Å². The topological polar surface area (TPSA) is 59.9 Å². The van der Waals surface area contributed by atoms with Crippen molar-refractivity contribution in [1.82, 2.24) is 0 Å². The molecule has 33 heavy (non-hydrogen) atoms. The maximum absolute atomic E-state index is 13.7. The van der Waals surface area contributed by atoms with Gasteiger partial charge in [-0.05, 0) is 48.2 Å². The van der Waals surface area contributed by atoms with Crippen LogP contribution in [0.25, 0.3) is 0 Å². The van der Waals surface area contributed by atoms with E-state index in [9.17, 15) is 4.79 Å². The van der Waals surface area contributed by atoms with Crippen molar-refractivity contribution in [2.45, 2.75) is 24.8 Å². The number of fused-ring (bicyclic) bond motifs is 2. The second-order valence-corrected chi connectivity index (χ2v) is 8.86. The number of nitrogens with zero attached hydrogens (tertiary/aromatic N) is 1. The summed E-state index contributed by atoms with van der Waals surface area (Å²) in [7, 11) is 3.24. The molecule has 1 aliphatic heterocycles. The van der Waals surface area contributed by atoms with Crippen LogP contribution in [0.2, 0.25) is 5.02 Å². The average molecular weight is 461 g/mol. The molecule has 1 saturated carbocycles. The fourth-order valence-corrected chi connectivity index (χ4v) is 5.11. The summed E-state index contributed by atoms with van der Waals surface area (Å²) in [6.45, 7) is 0. The summed E-state index contributed by atoms with van der Waals surface area (Å²) in [5.74, 6) is 1.10. The Balaban J connectivity index is 1.62. The Labute approximate surface area is 198 Å². The minimum atomic E-state index is -0.401. The molecule has 3 unspecified atom stereocenters. The van der Waals surface area contributed by atoms with Gasteiger partial charge in [-0.3, -0.25) is 9.79 Å². The molecular weight excluding hydrogens is 436 g/mol. The van der Waals surface area contributed by atoms with Crippen molar-refractivity contribution in [3.05, 3.63) is 82.9 Å². The van der Waals surface area contributed by atoms with E-state index in [0.717, 1.165) is 28.2 Å². The zero-order valence-electron chi connectivity index (χ0n) is 18.5. The van der Waals surface area contributed by atoms with Crippen LogP contribution in [0.5, 0.6) is 11.5 Å². The molecule has 1 heterocycles. The first-order valence-corrected chi connectivity index (χ1v) is 11.4. The number of anilines is 1. The Morgan fingerprint density at radius 2 is 1.73 bits per heavy atom. The van der Waals surface area contributed by atoms with Crippen molar-refractivity contribution in [2.24, 2.45) is 10.9 Å². The van der Waals surface area contributed by atoms with Crippen LogP contribution in [0.3, 0.4) is 0 Å². The van der Waals surface area contributed by atoms with Crippen molar-refractivity contribution in [3.8, 4) is 11.5 Å². The Hall–Kier alpha value is -3.31. The molecule has 1 aliphatic carbocycles. The maximum Gasteiger partial charge on any atom is 0.166 e. The summed E-state index contributed by atoms with van der Waals surface area (Å²) in [6.07, 6.45) is 1.16. The van der Waals surface area contributed by atoms with Crippen molar-refractivity contribution in [2.75, 3.05) is 19.5 Å². The van der Waals surface area contributed by atoms with E-state index in [1.54, 1.807) is 14.2 Å². The van der Waals surface area contributed by atoms with E-state index in [2.05, 4.69) is 5.32 Å². The number of carbonyl (C=O) groups excluding carboxylic acids is 1. The van der Waals surface area contributed by atoms with Crippen LogP contribution >= 0.6 is 11.6 Å². The Bertz CT molecular complexity index is 1220. The minimum Gasteiger partial charge on any atom is -0.493 e.